The van der Waals surface area contributed by atoms with Gasteiger partial charge in [-0.2, -0.15) is 13.2 Å². The van der Waals surface area contributed by atoms with Gasteiger partial charge in [0.1, 0.15) is 5.82 Å². The molecule has 1 aromatic rings. The summed E-state index contributed by atoms with van der Waals surface area (Å²) in [5.41, 5.74) is 5.08. The fourth-order valence-corrected chi connectivity index (χ4v) is 2.27. The molecule has 1 aromatic carbocycles. The van der Waals surface area contributed by atoms with Crippen LogP contribution in [-0.2, 0) is 11.2 Å². The van der Waals surface area contributed by atoms with E-state index in [4.69, 9.17) is 5.73 Å². The Labute approximate surface area is 92.6 Å². The summed E-state index contributed by atoms with van der Waals surface area (Å²) in [6.07, 6.45) is -4.53. The topological polar surface area (TPSA) is 49.1 Å². The van der Waals surface area contributed by atoms with Crippen molar-refractivity contribution in [1.82, 2.24) is 0 Å². The Hall–Kier alpha value is -0.950. The summed E-state index contributed by atoms with van der Waals surface area (Å²) in [6.45, 7) is 1.38. The lowest BCUT2D eigenvalue weighted by atomic mass is 10.2. The van der Waals surface area contributed by atoms with Gasteiger partial charge in [0.25, 0.3) is 0 Å². The van der Waals surface area contributed by atoms with Crippen molar-refractivity contribution in [2.24, 2.45) is 0 Å². The minimum Gasteiger partial charge on any atom is -0.611 e. The van der Waals surface area contributed by atoms with Crippen LogP contribution < -0.4 is 5.73 Å². The summed E-state index contributed by atoms with van der Waals surface area (Å²) in [6, 6.07) is 1.95. The van der Waals surface area contributed by atoms with Gasteiger partial charge in [-0.25, -0.2) is 4.39 Å². The Balaban J connectivity index is 3.00. The van der Waals surface area contributed by atoms with E-state index in [9.17, 15) is 22.1 Å². The average molecular weight is 255 g/mol. The number of alkyl halides is 3. The lowest BCUT2D eigenvalue weighted by Crippen LogP contribution is -2.23. The Morgan fingerprint density at radius 1 is 1.38 bits per heavy atom. The third-order valence-corrected chi connectivity index (χ3v) is 3.35. The summed E-state index contributed by atoms with van der Waals surface area (Å²) < 4.78 is 60.3. The normalized spacial score (nSPS) is 13.9. The number of hydrogen-bond acceptors (Lipinski definition) is 2. The quantitative estimate of drug-likeness (QED) is 0.501. The van der Waals surface area contributed by atoms with E-state index in [1.54, 1.807) is 0 Å². The fourth-order valence-electron chi connectivity index (χ4n) is 1.14. The molecule has 0 amide bonds. The standard InChI is InChI=1S/C9H9F4NOS/c1-5-2-6(10)7(14)3-8(5)16(15)4-9(11,12)13/h2-3H,4,14H2,1H3. The van der Waals surface area contributed by atoms with Crippen LogP contribution in [-0.4, -0.2) is 16.5 Å². The number of anilines is 1. The van der Waals surface area contributed by atoms with Gasteiger partial charge in [-0.1, -0.05) is 0 Å². The predicted molar refractivity (Wildman–Crippen MR) is 52.9 cm³/mol. The number of aryl methyl sites for hydroxylation is 1. The maximum atomic E-state index is 12.9. The van der Waals surface area contributed by atoms with Crippen molar-refractivity contribution in [3.63, 3.8) is 0 Å². The lowest BCUT2D eigenvalue weighted by molar-refractivity contribution is -0.106. The van der Waals surface area contributed by atoms with Crippen LogP contribution in [0.5, 0.6) is 0 Å². The second-order valence-corrected chi connectivity index (χ2v) is 4.66. The Kier molecular flexibility index (Phi) is 3.69. The molecule has 0 fully saturated rings. The van der Waals surface area contributed by atoms with Crippen LogP contribution in [0.25, 0.3) is 0 Å². The first kappa shape index (κ1) is 13.1. The third kappa shape index (κ3) is 3.28. The molecule has 0 aliphatic heterocycles. The molecule has 0 bridgehead atoms. The molecule has 0 aliphatic rings. The molecular weight excluding hydrogens is 246 g/mol. The highest BCUT2D eigenvalue weighted by Gasteiger charge is 2.36. The van der Waals surface area contributed by atoms with Crippen molar-refractivity contribution in [2.45, 2.75) is 18.0 Å². The second kappa shape index (κ2) is 4.50. The summed E-state index contributed by atoms with van der Waals surface area (Å²) in [5.74, 6) is -2.19. The zero-order valence-corrected chi connectivity index (χ0v) is 9.08. The molecule has 1 rings (SSSR count). The molecule has 16 heavy (non-hydrogen) atoms. The summed E-state index contributed by atoms with van der Waals surface area (Å²) in [4.78, 5) is -0.0868. The van der Waals surface area contributed by atoms with Crippen LogP contribution in [0.2, 0.25) is 0 Å². The fraction of sp³-hybridized carbons (Fsp3) is 0.333. The zero-order chi connectivity index (χ0) is 12.5. The number of nitrogen functional groups attached to an aromatic ring is 1. The Bertz CT molecular complexity index is 394. The first-order valence-corrected chi connectivity index (χ1v) is 5.53. The smallest absolute Gasteiger partial charge is 0.433 e. The van der Waals surface area contributed by atoms with Gasteiger partial charge in [-0.05, 0) is 24.2 Å². The Morgan fingerprint density at radius 2 is 1.94 bits per heavy atom. The Morgan fingerprint density at radius 3 is 2.44 bits per heavy atom. The molecular formula is C9H9F4NOS. The highest BCUT2D eigenvalue weighted by molar-refractivity contribution is 7.91. The van der Waals surface area contributed by atoms with Gasteiger partial charge < -0.3 is 10.3 Å². The minimum atomic E-state index is -4.53. The maximum Gasteiger partial charge on any atom is 0.433 e. The molecule has 0 heterocycles. The number of benzene rings is 1. The zero-order valence-electron chi connectivity index (χ0n) is 8.27. The molecule has 2 N–H and O–H groups in total. The lowest BCUT2D eigenvalue weighted by Gasteiger charge is -2.14. The van der Waals surface area contributed by atoms with E-state index < -0.39 is 28.9 Å². The van der Waals surface area contributed by atoms with Crippen molar-refractivity contribution < 1.29 is 22.1 Å². The van der Waals surface area contributed by atoms with Crippen LogP contribution in [0.15, 0.2) is 17.0 Å². The third-order valence-electron chi connectivity index (χ3n) is 1.83. The van der Waals surface area contributed by atoms with Crippen LogP contribution >= 0.6 is 0 Å². The molecule has 90 valence electrons. The molecule has 7 heteroatoms. The molecule has 1 atom stereocenters. The number of nitrogens with two attached hydrogens (primary N) is 1. The van der Waals surface area contributed by atoms with Gasteiger partial charge in [0.2, 0.25) is 5.75 Å². The van der Waals surface area contributed by atoms with E-state index >= 15 is 0 Å². The first-order valence-electron chi connectivity index (χ1n) is 4.21. The largest absolute Gasteiger partial charge is 0.611 e. The molecule has 0 spiro atoms. The number of rotatable bonds is 2. The van der Waals surface area contributed by atoms with Crippen LogP contribution in [0.3, 0.4) is 0 Å². The van der Waals surface area contributed by atoms with E-state index in [2.05, 4.69) is 0 Å². The van der Waals surface area contributed by atoms with Gasteiger partial charge >= 0.3 is 6.18 Å². The van der Waals surface area contributed by atoms with Gasteiger partial charge in [-0.15, -0.1) is 0 Å². The summed E-state index contributed by atoms with van der Waals surface area (Å²) >= 11 is -2.25. The molecule has 1 unspecified atom stereocenters. The summed E-state index contributed by atoms with van der Waals surface area (Å²) in [7, 11) is 0. The van der Waals surface area contributed by atoms with Crippen molar-refractivity contribution in [1.29, 1.82) is 0 Å². The molecule has 0 saturated heterocycles. The van der Waals surface area contributed by atoms with Crippen LogP contribution in [0.1, 0.15) is 5.56 Å². The van der Waals surface area contributed by atoms with Gasteiger partial charge in [-0.3, -0.25) is 0 Å². The second-order valence-electron chi connectivity index (χ2n) is 3.24. The van der Waals surface area contributed by atoms with E-state index in [1.807, 2.05) is 0 Å². The highest BCUT2D eigenvalue weighted by atomic mass is 32.2. The van der Waals surface area contributed by atoms with E-state index in [0.717, 1.165) is 12.1 Å². The SMILES string of the molecule is Cc1cc(F)c(N)cc1[S+]([O-])CC(F)(F)F. The van der Waals surface area contributed by atoms with Crippen molar-refractivity contribution in [3.8, 4) is 0 Å². The molecule has 0 aliphatic carbocycles. The number of hydrogen-bond donors (Lipinski definition) is 1. The van der Waals surface area contributed by atoms with Crippen LogP contribution in [0, 0.1) is 12.7 Å². The maximum absolute atomic E-state index is 12.9. The molecule has 0 aromatic heterocycles. The van der Waals surface area contributed by atoms with Crippen LogP contribution in [0.4, 0.5) is 23.2 Å². The highest BCUT2D eigenvalue weighted by Crippen LogP contribution is 2.27. The van der Waals surface area contributed by atoms with E-state index in [0.29, 0.717) is 0 Å². The van der Waals surface area contributed by atoms with Crippen molar-refractivity contribution in [2.75, 3.05) is 11.5 Å². The van der Waals surface area contributed by atoms with Crippen molar-refractivity contribution in [3.05, 3.63) is 23.5 Å². The number of halogens is 4. The van der Waals surface area contributed by atoms with Crippen molar-refractivity contribution >= 4 is 16.9 Å². The van der Waals surface area contributed by atoms with Gasteiger partial charge in [0.15, 0.2) is 4.90 Å². The average Bonchev–Trinajstić information content (AvgIpc) is 2.08. The van der Waals surface area contributed by atoms with E-state index in [1.165, 1.54) is 6.92 Å². The van der Waals surface area contributed by atoms with Gasteiger partial charge in [0.05, 0.1) is 5.69 Å². The van der Waals surface area contributed by atoms with Gasteiger partial charge in [0, 0.05) is 11.6 Å². The summed E-state index contributed by atoms with van der Waals surface area (Å²) in [5, 5.41) is 0. The molecule has 2 nitrogen and oxygen atoms in total. The minimum absolute atomic E-state index is 0.0868. The monoisotopic (exact) mass is 255 g/mol. The first-order chi connectivity index (χ1) is 7.20. The molecule has 0 saturated carbocycles. The van der Waals surface area contributed by atoms with E-state index in [-0.39, 0.29) is 16.1 Å². The predicted octanol–water partition coefficient (Wildman–Crippen LogP) is 2.39. The molecule has 0 radical (unpaired) electrons.